The van der Waals surface area contributed by atoms with E-state index in [4.69, 9.17) is 0 Å². The van der Waals surface area contributed by atoms with Gasteiger partial charge in [0.25, 0.3) is 0 Å². The van der Waals surface area contributed by atoms with Crippen molar-refractivity contribution in [3.05, 3.63) is 71.3 Å². The fraction of sp³-hybridized carbons (Fsp3) is 0.440. The van der Waals surface area contributed by atoms with E-state index in [9.17, 15) is 4.79 Å². The van der Waals surface area contributed by atoms with E-state index in [-0.39, 0.29) is 12.5 Å². The molecule has 166 valence electrons. The molecule has 0 saturated carbocycles. The first-order valence-corrected chi connectivity index (χ1v) is 11.4. The van der Waals surface area contributed by atoms with Gasteiger partial charge in [-0.25, -0.2) is 4.99 Å². The van der Waals surface area contributed by atoms with Gasteiger partial charge in [0.15, 0.2) is 5.96 Å². The molecule has 6 nitrogen and oxygen atoms in total. The summed E-state index contributed by atoms with van der Waals surface area (Å²) in [7, 11) is 0. The van der Waals surface area contributed by atoms with E-state index < -0.39 is 0 Å². The molecule has 1 fully saturated rings. The van der Waals surface area contributed by atoms with Gasteiger partial charge in [-0.3, -0.25) is 9.69 Å². The third-order valence-electron chi connectivity index (χ3n) is 5.39. The number of guanidine groups is 1. The van der Waals surface area contributed by atoms with Crippen LogP contribution < -0.4 is 16.0 Å². The van der Waals surface area contributed by atoms with Gasteiger partial charge in [-0.05, 0) is 56.0 Å². The Morgan fingerprint density at radius 3 is 2.32 bits per heavy atom. The highest BCUT2D eigenvalue weighted by molar-refractivity contribution is 5.86. The molecule has 1 saturated heterocycles. The van der Waals surface area contributed by atoms with Crippen molar-refractivity contribution >= 4 is 11.9 Å². The molecule has 1 aliphatic heterocycles. The summed E-state index contributed by atoms with van der Waals surface area (Å²) < 4.78 is 0. The molecule has 6 heteroatoms. The second-order valence-electron chi connectivity index (χ2n) is 7.93. The smallest absolute Gasteiger partial charge is 0.239 e. The lowest BCUT2D eigenvalue weighted by Gasteiger charge is -2.14. The van der Waals surface area contributed by atoms with Crippen LogP contribution in [0, 0.1) is 0 Å². The average molecular weight is 422 g/mol. The molecule has 3 rings (SSSR count). The standard InChI is InChI=1S/C25H35N5O/c1-2-26-25(29-19-24(31)27-15-14-21-8-4-3-5-9-21)28-18-22-10-12-23(13-11-22)20-30-16-6-7-17-30/h3-5,8-13H,2,6-7,14-20H2,1H3,(H,27,31)(H2,26,28,29). The van der Waals surface area contributed by atoms with Crippen LogP contribution in [-0.4, -0.2) is 49.5 Å². The molecule has 0 radical (unpaired) electrons. The van der Waals surface area contributed by atoms with E-state index in [0.717, 1.165) is 25.1 Å². The number of nitrogens with zero attached hydrogens (tertiary/aromatic N) is 2. The van der Waals surface area contributed by atoms with E-state index in [1.54, 1.807) is 0 Å². The second kappa shape index (κ2) is 12.7. The largest absolute Gasteiger partial charge is 0.357 e. The maximum Gasteiger partial charge on any atom is 0.239 e. The summed E-state index contributed by atoms with van der Waals surface area (Å²) >= 11 is 0. The predicted octanol–water partition coefficient (Wildman–Crippen LogP) is 2.70. The molecule has 0 spiro atoms. The lowest BCUT2D eigenvalue weighted by Crippen LogP contribution is -2.43. The van der Waals surface area contributed by atoms with Gasteiger partial charge in [0.1, 0.15) is 0 Å². The number of hydrogen-bond donors (Lipinski definition) is 3. The van der Waals surface area contributed by atoms with Gasteiger partial charge in [0.05, 0.1) is 13.1 Å². The number of amides is 1. The summed E-state index contributed by atoms with van der Waals surface area (Å²) in [5, 5.41) is 9.27. The van der Waals surface area contributed by atoms with E-state index in [1.165, 1.54) is 37.1 Å². The minimum atomic E-state index is -0.0344. The van der Waals surface area contributed by atoms with E-state index in [2.05, 4.69) is 62.2 Å². The topological polar surface area (TPSA) is 68.8 Å². The summed E-state index contributed by atoms with van der Waals surface area (Å²) in [4.78, 5) is 19.3. The molecule has 0 aliphatic carbocycles. The van der Waals surface area contributed by atoms with Crippen molar-refractivity contribution in [2.45, 2.75) is 39.3 Å². The van der Waals surface area contributed by atoms with Gasteiger partial charge in [-0.1, -0.05) is 54.6 Å². The molecule has 0 atom stereocenters. The van der Waals surface area contributed by atoms with Crippen LogP contribution in [0.15, 0.2) is 59.6 Å². The number of aliphatic imine (C=N–C) groups is 1. The average Bonchev–Trinajstić information content (AvgIpc) is 3.30. The van der Waals surface area contributed by atoms with Crippen LogP contribution in [0.1, 0.15) is 36.5 Å². The molecule has 0 unspecified atom stereocenters. The van der Waals surface area contributed by atoms with Crippen LogP contribution in [0.25, 0.3) is 0 Å². The Hall–Kier alpha value is -2.86. The molecule has 2 aromatic rings. The lowest BCUT2D eigenvalue weighted by molar-refractivity contribution is -0.119. The maximum absolute atomic E-state index is 12.1. The fourth-order valence-electron chi connectivity index (χ4n) is 3.68. The Balaban J connectivity index is 1.40. The minimum absolute atomic E-state index is 0.0344. The highest BCUT2D eigenvalue weighted by Gasteiger charge is 2.11. The van der Waals surface area contributed by atoms with Gasteiger partial charge >= 0.3 is 0 Å². The Labute approximate surface area is 186 Å². The lowest BCUT2D eigenvalue weighted by atomic mass is 10.1. The number of rotatable bonds is 10. The molecule has 2 aromatic carbocycles. The van der Waals surface area contributed by atoms with Crippen molar-refractivity contribution < 1.29 is 4.79 Å². The van der Waals surface area contributed by atoms with E-state index in [1.807, 2.05) is 25.1 Å². The summed E-state index contributed by atoms with van der Waals surface area (Å²) in [5.74, 6) is 0.620. The quantitative estimate of drug-likeness (QED) is 0.408. The monoisotopic (exact) mass is 421 g/mol. The van der Waals surface area contributed by atoms with Crippen LogP contribution in [-0.2, 0) is 24.3 Å². The SMILES string of the molecule is CCNC(=NCc1ccc(CN2CCCC2)cc1)NCC(=O)NCCc1ccccc1. The van der Waals surface area contributed by atoms with E-state index >= 15 is 0 Å². The van der Waals surface area contributed by atoms with Crippen molar-refractivity contribution in [3.63, 3.8) is 0 Å². The van der Waals surface area contributed by atoms with Crippen LogP contribution in [0.5, 0.6) is 0 Å². The minimum Gasteiger partial charge on any atom is -0.357 e. The van der Waals surface area contributed by atoms with Gasteiger partial charge in [0, 0.05) is 19.6 Å². The van der Waals surface area contributed by atoms with Gasteiger partial charge in [-0.15, -0.1) is 0 Å². The highest BCUT2D eigenvalue weighted by Crippen LogP contribution is 2.13. The maximum atomic E-state index is 12.1. The van der Waals surface area contributed by atoms with E-state index in [0.29, 0.717) is 19.0 Å². The molecule has 1 heterocycles. The normalized spacial score (nSPS) is 14.4. The first-order chi connectivity index (χ1) is 15.2. The first-order valence-electron chi connectivity index (χ1n) is 11.4. The predicted molar refractivity (Wildman–Crippen MR) is 127 cm³/mol. The zero-order valence-corrected chi connectivity index (χ0v) is 18.6. The zero-order valence-electron chi connectivity index (χ0n) is 18.6. The molecule has 3 N–H and O–H groups in total. The van der Waals surface area contributed by atoms with Crippen molar-refractivity contribution in [2.75, 3.05) is 32.7 Å². The molecule has 31 heavy (non-hydrogen) atoms. The van der Waals surface area contributed by atoms with Gasteiger partial charge in [0.2, 0.25) is 5.91 Å². The number of benzene rings is 2. The molecular weight excluding hydrogens is 386 g/mol. The number of carbonyl (C=O) groups excluding carboxylic acids is 1. The number of carbonyl (C=O) groups is 1. The molecule has 0 bridgehead atoms. The summed E-state index contributed by atoms with van der Waals surface area (Å²) in [5.41, 5.74) is 3.73. The Morgan fingerprint density at radius 2 is 1.61 bits per heavy atom. The Morgan fingerprint density at radius 1 is 0.903 bits per heavy atom. The number of likely N-dealkylation sites (tertiary alicyclic amines) is 1. The van der Waals surface area contributed by atoms with Crippen LogP contribution in [0.3, 0.4) is 0 Å². The van der Waals surface area contributed by atoms with Crippen molar-refractivity contribution in [1.82, 2.24) is 20.9 Å². The number of nitrogens with one attached hydrogen (secondary N) is 3. The van der Waals surface area contributed by atoms with Crippen LogP contribution in [0.2, 0.25) is 0 Å². The molecular formula is C25H35N5O. The van der Waals surface area contributed by atoms with Crippen LogP contribution >= 0.6 is 0 Å². The first kappa shape index (κ1) is 22.8. The highest BCUT2D eigenvalue weighted by atomic mass is 16.1. The third kappa shape index (κ3) is 8.42. The van der Waals surface area contributed by atoms with Gasteiger partial charge in [-0.2, -0.15) is 0 Å². The van der Waals surface area contributed by atoms with Crippen molar-refractivity contribution in [2.24, 2.45) is 4.99 Å². The molecule has 1 amide bonds. The number of hydrogen-bond acceptors (Lipinski definition) is 3. The third-order valence-corrected chi connectivity index (χ3v) is 5.39. The summed E-state index contributed by atoms with van der Waals surface area (Å²) in [6.07, 6.45) is 3.46. The Bertz CT molecular complexity index is 814. The Kier molecular flexibility index (Phi) is 9.38. The van der Waals surface area contributed by atoms with Gasteiger partial charge < -0.3 is 16.0 Å². The molecule has 1 aliphatic rings. The second-order valence-corrected chi connectivity index (χ2v) is 7.93. The van der Waals surface area contributed by atoms with Crippen molar-refractivity contribution in [1.29, 1.82) is 0 Å². The fourth-order valence-corrected chi connectivity index (χ4v) is 3.68. The molecule has 0 aromatic heterocycles. The summed E-state index contributed by atoms with van der Waals surface area (Å²) in [6, 6.07) is 18.9. The zero-order chi connectivity index (χ0) is 21.7. The van der Waals surface area contributed by atoms with Crippen molar-refractivity contribution in [3.8, 4) is 0 Å². The van der Waals surface area contributed by atoms with Crippen LogP contribution in [0.4, 0.5) is 0 Å². The summed E-state index contributed by atoms with van der Waals surface area (Å²) in [6.45, 7) is 7.63.